The molecule has 0 fully saturated rings. The van der Waals surface area contributed by atoms with Gasteiger partial charge in [-0.3, -0.25) is 4.79 Å². The van der Waals surface area contributed by atoms with Gasteiger partial charge >= 0.3 is 0 Å². The molecule has 0 saturated heterocycles. The topological polar surface area (TPSA) is 41.1 Å². The van der Waals surface area contributed by atoms with E-state index in [-0.39, 0.29) is 23.1 Å². The maximum atomic E-state index is 12.1. The molecule has 0 saturated carbocycles. The maximum absolute atomic E-state index is 12.1. The number of carbonyl (C=O) groups is 1. The lowest BCUT2D eigenvalue weighted by Gasteiger charge is -2.22. The fourth-order valence-corrected chi connectivity index (χ4v) is 2.13. The summed E-state index contributed by atoms with van der Waals surface area (Å²) in [7, 11) is 0. The molecule has 0 atom stereocenters. The van der Waals surface area contributed by atoms with E-state index < -0.39 is 0 Å². The van der Waals surface area contributed by atoms with E-state index >= 15 is 0 Å². The van der Waals surface area contributed by atoms with Crippen LogP contribution in [0, 0.1) is 0 Å². The largest absolute Gasteiger partial charge is 0.384 e. The fourth-order valence-electron chi connectivity index (χ4n) is 1.91. The van der Waals surface area contributed by atoms with Crippen LogP contribution in [0.15, 0.2) is 18.2 Å². The van der Waals surface area contributed by atoms with Crippen molar-refractivity contribution >= 4 is 35.8 Å². The van der Waals surface area contributed by atoms with E-state index in [4.69, 9.17) is 0 Å². The molecule has 2 rings (SSSR count). The number of halogens is 1. The molecule has 1 aromatic carbocycles. The number of benzene rings is 1. The highest BCUT2D eigenvalue weighted by Gasteiger charge is 2.18. The molecule has 1 heterocycles. The molecule has 5 heteroatoms. The van der Waals surface area contributed by atoms with Gasteiger partial charge in [0.25, 0.3) is 5.91 Å². The Morgan fingerprint density at radius 2 is 2.21 bits per heavy atom. The Morgan fingerprint density at radius 3 is 2.89 bits per heavy atom. The number of thioether (sulfide) groups is 1. The normalized spacial score (nSPS) is 13.2. The van der Waals surface area contributed by atoms with Crippen LogP contribution in [0.2, 0.25) is 0 Å². The summed E-state index contributed by atoms with van der Waals surface area (Å²) >= 11 is 1.76. The molecular formula is C14H21ClN2OS. The molecule has 0 spiro atoms. The molecule has 0 unspecified atom stereocenters. The number of fused-ring (bicyclic) bond motifs is 1. The molecule has 19 heavy (non-hydrogen) atoms. The highest BCUT2D eigenvalue weighted by molar-refractivity contribution is 7.99. The lowest BCUT2D eigenvalue weighted by molar-refractivity contribution is 0.0951. The molecule has 106 valence electrons. The minimum absolute atomic E-state index is 0. The standard InChI is InChI=1S/C14H20N2OS.ClH/c1-14(2,18-3)9-16-13(17)11-4-5-12-10(8-11)6-7-15-12;/h4-5,8,15H,6-7,9H2,1-3H3,(H,16,17);1H. The third-order valence-corrected chi connectivity index (χ3v) is 4.55. The van der Waals surface area contributed by atoms with Crippen LogP contribution in [-0.2, 0) is 6.42 Å². The van der Waals surface area contributed by atoms with Crippen LogP contribution < -0.4 is 10.6 Å². The van der Waals surface area contributed by atoms with Crippen molar-refractivity contribution in [2.75, 3.05) is 24.7 Å². The van der Waals surface area contributed by atoms with Gasteiger partial charge in [-0.2, -0.15) is 11.8 Å². The second-order valence-corrected chi connectivity index (χ2v) is 6.71. The quantitative estimate of drug-likeness (QED) is 0.898. The summed E-state index contributed by atoms with van der Waals surface area (Å²) in [5.41, 5.74) is 3.16. The van der Waals surface area contributed by atoms with Crippen LogP contribution >= 0.6 is 24.2 Å². The zero-order chi connectivity index (χ0) is 13.2. The van der Waals surface area contributed by atoms with Gasteiger partial charge in [-0.25, -0.2) is 0 Å². The molecule has 0 radical (unpaired) electrons. The Morgan fingerprint density at radius 1 is 1.47 bits per heavy atom. The van der Waals surface area contributed by atoms with Gasteiger partial charge in [0.05, 0.1) is 0 Å². The Bertz CT molecular complexity index is 463. The van der Waals surface area contributed by atoms with Crippen LogP contribution in [0.4, 0.5) is 5.69 Å². The van der Waals surface area contributed by atoms with Crippen molar-refractivity contribution in [1.82, 2.24) is 5.32 Å². The SMILES string of the molecule is CSC(C)(C)CNC(=O)c1ccc2c(c1)CCN2.Cl. The molecule has 1 aliphatic heterocycles. The van der Waals surface area contributed by atoms with E-state index in [1.807, 2.05) is 18.2 Å². The van der Waals surface area contributed by atoms with E-state index in [2.05, 4.69) is 30.7 Å². The first-order chi connectivity index (χ1) is 8.52. The number of carbonyl (C=O) groups excluding carboxylic acids is 1. The van der Waals surface area contributed by atoms with Gasteiger partial charge in [0, 0.05) is 29.1 Å². The predicted octanol–water partition coefficient (Wildman–Crippen LogP) is 2.95. The molecule has 2 N–H and O–H groups in total. The first kappa shape index (κ1) is 16.2. The first-order valence-corrected chi connectivity index (χ1v) is 7.44. The van der Waals surface area contributed by atoms with E-state index in [1.54, 1.807) is 11.8 Å². The highest BCUT2D eigenvalue weighted by atomic mass is 35.5. The molecule has 3 nitrogen and oxygen atoms in total. The van der Waals surface area contributed by atoms with Crippen molar-refractivity contribution in [3.05, 3.63) is 29.3 Å². The molecule has 1 aromatic rings. The van der Waals surface area contributed by atoms with E-state index in [1.165, 1.54) is 5.56 Å². The first-order valence-electron chi connectivity index (χ1n) is 6.22. The predicted molar refractivity (Wildman–Crippen MR) is 85.8 cm³/mol. The molecule has 0 aliphatic carbocycles. The number of hydrogen-bond acceptors (Lipinski definition) is 3. The fraction of sp³-hybridized carbons (Fsp3) is 0.500. The van der Waals surface area contributed by atoms with Crippen LogP contribution in [0.25, 0.3) is 0 Å². The van der Waals surface area contributed by atoms with E-state index in [0.29, 0.717) is 6.54 Å². The van der Waals surface area contributed by atoms with Crippen molar-refractivity contribution in [3.8, 4) is 0 Å². The smallest absolute Gasteiger partial charge is 0.251 e. The minimum Gasteiger partial charge on any atom is -0.384 e. The summed E-state index contributed by atoms with van der Waals surface area (Å²) in [6.45, 7) is 5.91. The average molecular weight is 301 g/mol. The van der Waals surface area contributed by atoms with Gasteiger partial charge in [-0.15, -0.1) is 12.4 Å². The van der Waals surface area contributed by atoms with Gasteiger partial charge in [0.2, 0.25) is 0 Å². The zero-order valence-electron chi connectivity index (χ0n) is 11.6. The number of hydrogen-bond donors (Lipinski definition) is 2. The Kier molecular flexibility index (Phi) is 5.56. The van der Waals surface area contributed by atoms with Crippen molar-refractivity contribution in [2.24, 2.45) is 0 Å². The third-order valence-electron chi connectivity index (χ3n) is 3.30. The minimum atomic E-state index is 0. The Labute approximate surface area is 125 Å². The van der Waals surface area contributed by atoms with Crippen molar-refractivity contribution in [1.29, 1.82) is 0 Å². The van der Waals surface area contributed by atoms with E-state index in [0.717, 1.165) is 24.2 Å². The summed E-state index contributed by atoms with van der Waals surface area (Å²) in [6.07, 6.45) is 3.07. The number of nitrogens with one attached hydrogen (secondary N) is 2. The maximum Gasteiger partial charge on any atom is 0.251 e. The highest BCUT2D eigenvalue weighted by Crippen LogP contribution is 2.23. The second-order valence-electron chi connectivity index (χ2n) is 5.20. The summed E-state index contributed by atoms with van der Waals surface area (Å²) in [4.78, 5) is 12.1. The van der Waals surface area contributed by atoms with Gasteiger partial charge in [0.1, 0.15) is 0 Å². The summed E-state index contributed by atoms with van der Waals surface area (Å²) < 4.78 is 0.0773. The van der Waals surface area contributed by atoms with Gasteiger partial charge < -0.3 is 10.6 Å². The van der Waals surface area contributed by atoms with E-state index in [9.17, 15) is 4.79 Å². The van der Waals surface area contributed by atoms with Crippen LogP contribution in [0.3, 0.4) is 0 Å². The number of amides is 1. The number of anilines is 1. The van der Waals surface area contributed by atoms with Gasteiger partial charge in [-0.1, -0.05) is 0 Å². The van der Waals surface area contributed by atoms with Crippen LogP contribution in [0.1, 0.15) is 29.8 Å². The Hall–Kier alpha value is -0.870. The number of rotatable bonds is 4. The summed E-state index contributed by atoms with van der Waals surface area (Å²) in [5.74, 6) is 0.0202. The van der Waals surface area contributed by atoms with Crippen molar-refractivity contribution in [3.63, 3.8) is 0 Å². The zero-order valence-corrected chi connectivity index (χ0v) is 13.2. The summed E-state index contributed by atoms with van der Waals surface area (Å²) in [5, 5.41) is 6.30. The lowest BCUT2D eigenvalue weighted by atomic mass is 10.1. The Balaban J connectivity index is 0.00000180. The average Bonchev–Trinajstić information content (AvgIpc) is 2.83. The summed E-state index contributed by atoms with van der Waals surface area (Å²) in [6, 6.07) is 5.88. The van der Waals surface area contributed by atoms with Crippen LogP contribution in [0.5, 0.6) is 0 Å². The molecular weight excluding hydrogens is 280 g/mol. The van der Waals surface area contributed by atoms with Crippen molar-refractivity contribution in [2.45, 2.75) is 25.0 Å². The molecule has 0 aromatic heterocycles. The monoisotopic (exact) mass is 300 g/mol. The third kappa shape index (κ3) is 4.05. The van der Waals surface area contributed by atoms with Gasteiger partial charge in [0.15, 0.2) is 0 Å². The molecule has 0 bridgehead atoms. The van der Waals surface area contributed by atoms with Crippen molar-refractivity contribution < 1.29 is 4.79 Å². The second kappa shape index (κ2) is 6.53. The molecule has 1 aliphatic rings. The molecule has 1 amide bonds. The lowest BCUT2D eigenvalue weighted by Crippen LogP contribution is -2.36. The van der Waals surface area contributed by atoms with Gasteiger partial charge in [-0.05, 0) is 50.3 Å². The van der Waals surface area contributed by atoms with Crippen LogP contribution in [-0.4, -0.2) is 30.0 Å².